The largest absolute Gasteiger partial charge is 0.491 e. The van der Waals surface area contributed by atoms with E-state index in [9.17, 15) is 4.79 Å². The van der Waals surface area contributed by atoms with E-state index in [2.05, 4.69) is 15.3 Å². The first kappa shape index (κ1) is 15.3. The molecule has 0 atom stereocenters. The number of methoxy groups -OCH3 is 1. The SMILES string of the molecule is COc1cnc(C(=O)Nc2ccncc2)cc1OC1CCCC1. The third-order valence-corrected chi connectivity index (χ3v) is 3.82. The number of pyridine rings is 2. The van der Waals surface area contributed by atoms with Crippen molar-refractivity contribution in [3.05, 3.63) is 42.5 Å². The predicted octanol–water partition coefficient (Wildman–Crippen LogP) is 3.06. The van der Waals surface area contributed by atoms with Gasteiger partial charge in [0.15, 0.2) is 11.5 Å². The van der Waals surface area contributed by atoms with Gasteiger partial charge in [0.25, 0.3) is 5.91 Å². The lowest BCUT2D eigenvalue weighted by molar-refractivity contribution is 0.102. The van der Waals surface area contributed by atoms with Gasteiger partial charge in [0.2, 0.25) is 0 Å². The molecule has 6 heteroatoms. The summed E-state index contributed by atoms with van der Waals surface area (Å²) in [5, 5.41) is 2.78. The van der Waals surface area contributed by atoms with E-state index in [0.717, 1.165) is 12.8 Å². The summed E-state index contributed by atoms with van der Waals surface area (Å²) in [6, 6.07) is 5.07. The molecule has 1 aliphatic carbocycles. The Morgan fingerprint density at radius 3 is 2.65 bits per heavy atom. The molecule has 0 bridgehead atoms. The molecule has 1 aliphatic rings. The topological polar surface area (TPSA) is 73.3 Å². The maximum Gasteiger partial charge on any atom is 0.274 e. The Morgan fingerprint density at radius 1 is 1.22 bits per heavy atom. The molecule has 6 nitrogen and oxygen atoms in total. The highest BCUT2D eigenvalue weighted by molar-refractivity contribution is 6.03. The van der Waals surface area contributed by atoms with Crippen molar-refractivity contribution in [1.82, 2.24) is 9.97 Å². The van der Waals surface area contributed by atoms with Gasteiger partial charge in [0.1, 0.15) is 5.69 Å². The van der Waals surface area contributed by atoms with E-state index in [-0.39, 0.29) is 17.7 Å². The third-order valence-electron chi connectivity index (χ3n) is 3.82. The van der Waals surface area contributed by atoms with Crippen molar-refractivity contribution in [1.29, 1.82) is 0 Å². The number of nitrogens with one attached hydrogen (secondary N) is 1. The molecule has 0 aliphatic heterocycles. The Morgan fingerprint density at radius 2 is 1.96 bits per heavy atom. The minimum Gasteiger partial charge on any atom is -0.491 e. The number of aromatic nitrogens is 2. The van der Waals surface area contributed by atoms with Gasteiger partial charge >= 0.3 is 0 Å². The summed E-state index contributed by atoms with van der Waals surface area (Å²) >= 11 is 0. The summed E-state index contributed by atoms with van der Waals surface area (Å²) in [6.45, 7) is 0. The molecule has 0 spiro atoms. The van der Waals surface area contributed by atoms with Crippen LogP contribution in [0.5, 0.6) is 11.5 Å². The van der Waals surface area contributed by atoms with E-state index in [1.807, 2.05) is 0 Å². The maximum absolute atomic E-state index is 12.3. The number of anilines is 1. The van der Waals surface area contributed by atoms with Crippen LogP contribution in [-0.2, 0) is 0 Å². The van der Waals surface area contributed by atoms with Gasteiger partial charge in [-0.15, -0.1) is 0 Å². The highest BCUT2D eigenvalue weighted by Gasteiger charge is 2.20. The van der Waals surface area contributed by atoms with Crippen LogP contribution in [0.1, 0.15) is 36.2 Å². The van der Waals surface area contributed by atoms with Crippen molar-refractivity contribution in [2.45, 2.75) is 31.8 Å². The Balaban J connectivity index is 1.77. The molecule has 1 amide bonds. The van der Waals surface area contributed by atoms with Crippen LogP contribution < -0.4 is 14.8 Å². The van der Waals surface area contributed by atoms with Gasteiger partial charge in [-0.3, -0.25) is 9.78 Å². The second-order valence-corrected chi connectivity index (χ2v) is 5.43. The van der Waals surface area contributed by atoms with Crippen molar-refractivity contribution >= 4 is 11.6 Å². The van der Waals surface area contributed by atoms with E-state index in [0.29, 0.717) is 17.2 Å². The number of amides is 1. The van der Waals surface area contributed by atoms with Gasteiger partial charge in [-0.05, 0) is 37.8 Å². The average molecular weight is 313 g/mol. The van der Waals surface area contributed by atoms with E-state index in [1.54, 1.807) is 37.7 Å². The number of ether oxygens (including phenoxy) is 2. The van der Waals surface area contributed by atoms with Gasteiger partial charge in [0, 0.05) is 24.1 Å². The zero-order chi connectivity index (χ0) is 16.1. The number of nitrogens with zero attached hydrogens (tertiary/aromatic N) is 2. The lowest BCUT2D eigenvalue weighted by atomic mass is 10.2. The molecule has 0 aromatic carbocycles. The van der Waals surface area contributed by atoms with Crippen LogP contribution in [0, 0.1) is 0 Å². The van der Waals surface area contributed by atoms with Crippen LogP contribution in [-0.4, -0.2) is 29.1 Å². The van der Waals surface area contributed by atoms with Gasteiger partial charge < -0.3 is 14.8 Å². The number of rotatable bonds is 5. The second-order valence-electron chi connectivity index (χ2n) is 5.43. The Labute approximate surface area is 134 Å². The summed E-state index contributed by atoms with van der Waals surface area (Å²) in [7, 11) is 1.56. The first-order valence-corrected chi connectivity index (χ1v) is 7.68. The Kier molecular flexibility index (Phi) is 4.71. The molecule has 120 valence electrons. The number of hydrogen-bond acceptors (Lipinski definition) is 5. The van der Waals surface area contributed by atoms with Crippen molar-refractivity contribution in [2.24, 2.45) is 0 Å². The smallest absolute Gasteiger partial charge is 0.274 e. The minimum absolute atomic E-state index is 0.183. The van der Waals surface area contributed by atoms with E-state index in [1.165, 1.54) is 19.0 Å². The lowest BCUT2D eigenvalue weighted by Gasteiger charge is -2.16. The minimum atomic E-state index is -0.296. The van der Waals surface area contributed by atoms with Gasteiger partial charge in [-0.25, -0.2) is 4.98 Å². The fraction of sp³-hybridized carbons (Fsp3) is 0.353. The zero-order valence-corrected chi connectivity index (χ0v) is 13.0. The normalized spacial score (nSPS) is 14.5. The first-order chi connectivity index (χ1) is 11.3. The number of hydrogen-bond donors (Lipinski definition) is 1. The molecule has 3 rings (SSSR count). The first-order valence-electron chi connectivity index (χ1n) is 7.68. The van der Waals surface area contributed by atoms with Crippen LogP contribution in [0.15, 0.2) is 36.8 Å². The van der Waals surface area contributed by atoms with Gasteiger partial charge in [-0.2, -0.15) is 0 Å². The van der Waals surface area contributed by atoms with E-state index in [4.69, 9.17) is 9.47 Å². The molecule has 2 heterocycles. The summed E-state index contributed by atoms with van der Waals surface area (Å²) in [5.74, 6) is 0.807. The van der Waals surface area contributed by atoms with Gasteiger partial charge in [-0.1, -0.05) is 0 Å². The summed E-state index contributed by atoms with van der Waals surface area (Å²) in [5.41, 5.74) is 0.955. The van der Waals surface area contributed by atoms with Crippen LogP contribution in [0.25, 0.3) is 0 Å². The molecule has 1 fully saturated rings. The summed E-state index contributed by atoms with van der Waals surface area (Å²) in [4.78, 5) is 20.4. The number of carbonyl (C=O) groups is 1. The van der Waals surface area contributed by atoms with Crippen LogP contribution >= 0.6 is 0 Å². The van der Waals surface area contributed by atoms with E-state index >= 15 is 0 Å². The third kappa shape index (κ3) is 3.77. The maximum atomic E-state index is 12.3. The lowest BCUT2D eigenvalue weighted by Crippen LogP contribution is -2.16. The van der Waals surface area contributed by atoms with Crippen LogP contribution in [0.3, 0.4) is 0 Å². The molecule has 0 saturated heterocycles. The van der Waals surface area contributed by atoms with Gasteiger partial charge in [0.05, 0.1) is 19.4 Å². The van der Waals surface area contributed by atoms with Crippen molar-refractivity contribution in [2.75, 3.05) is 12.4 Å². The molecular formula is C17H19N3O3. The Hall–Kier alpha value is -2.63. The molecule has 1 saturated carbocycles. The zero-order valence-electron chi connectivity index (χ0n) is 13.0. The summed E-state index contributed by atoms with van der Waals surface area (Å²) < 4.78 is 11.3. The summed E-state index contributed by atoms with van der Waals surface area (Å²) in [6.07, 6.45) is 9.35. The molecular weight excluding hydrogens is 294 g/mol. The predicted molar refractivity (Wildman–Crippen MR) is 85.9 cm³/mol. The molecule has 0 unspecified atom stereocenters. The average Bonchev–Trinajstić information content (AvgIpc) is 3.09. The van der Waals surface area contributed by atoms with E-state index < -0.39 is 0 Å². The van der Waals surface area contributed by atoms with Crippen molar-refractivity contribution in [3.63, 3.8) is 0 Å². The van der Waals surface area contributed by atoms with Crippen molar-refractivity contribution in [3.8, 4) is 11.5 Å². The molecule has 2 aromatic rings. The van der Waals surface area contributed by atoms with Crippen molar-refractivity contribution < 1.29 is 14.3 Å². The van der Waals surface area contributed by atoms with Crippen LogP contribution in [0.4, 0.5) is 5.69 Å². The molecule has 1 N–H and O–H groups in total. The second kappa shape index (κ2) is 7.09. The fourth-order valence-corrected chi connectivity index (χ4v) is 2.61. The standard InChI is InChI=1S/C17H19N3O3/c1-22-16-11-19-14(10-15(16)23-13-4-2-3-5-13)17(21)20-12-6-8-18-9-7-12/h6-11,13H,2-5H2,1H3,(H,18,20,21). The monoisotopic (exact) mass is 313 g/mol. The Bertz CT molecular complexity index is 670. The highest BCUT2D eigenvalue weighted by Crippen LogP contribution is 2.31. The van der Waals surface area contributed by atoms with Crippen LogP contribution in [0.2, 0.25) is 0 Å². The molecule has 0 radical (unpaired) electrons. The fourth-order valence-electron chi connectivity index (χ4n) is 2.61. The number of carbonyl (C=O) groups excluding carboxylic acids is 1. The molecule has 2 aromatic heterocycles. The quantitative estimate of drug-likeness (QED) is 0.918. The molecule has 23 heavy (non-hydrogen) atoms. The highest BCUT2D eigenvalue weighted by atomic mass is 16.5.